The van der Waals surface area contributed by atoms with Gasteiger partial charge in [0.25, 0.3) is 0 Å². The smallest absolute Gasteiger partial charge is 0.226 e. The van der Waals surface area contributed by atoms with Gasteiger partial charge in [0.15, 0.2) is 0 Å². The van der Waals surface area contributed by atoms with Crippen LogP contribution in [0.1, 0.15) is 32.8 Å². The molecule has 3 rings (SSSR count). The molecule has 0 bridgehead atoms. The molecule has 0 aliphatic rings. The zero-order chi connectivity index (χ0) is 18.2. The van der Waals surface area contributed by atoms with Gasteiger partial charge < -0.3 is 5.32 Å². The summed E-state index contributed by atoms with van der Waals surface area (Å²) >= 11 is 0. The molecule has 3 aromatic rings. The Labute approximate surface area is 146 Å². The number of anilines is 1. The summed E-state index contributed by atoms with van der Waals surface area (Å²) in [5.74, 6) is 0.139. The van der Waals surface area contributed by atoms with Crippen LogP contribution in [0, 0.1) is 18.2 Å². The molecule has 1 amide bonds. The third kappa shape index (κ3) is 3.87. The molecule has 0 saturated carbocycles. The fraction of sp³-hybridized carbons (Fsp3) is 0.300. The van der Waals surface area contributed by atoms with Gasteiger partial charge in [-0.1, -0.05) is 32.9 Å². The van der Waals surface area contributed by atoms with Crippen LogP contribution in [0.3, 0.4) is 0 Å². The van der Waals surface area contributed by atoms with E-state index >= 15 is 0 Å². The number of fused-ring (bicyclic) bond motifs is 1. The number of halogens is 1. The molecule has 0 aliphatic heterocycles. The van der Waals surface area contributed by atoms with E-state index in [9.17, 15) is 9.18 Å². The van der Waals surface area contributed by atoms with Crippen LogP contribution in [-0.2, 0) is 4.79 Å². The summed E-state index contributed by atoms with van der Waals surface area (Å²) in [6.07, 6.45) is 2.25. The number of aryl methyl sites for hydroxylation is 1. The van der Waals surface area contributed by atoms with Crippen molar-refractivity contribution in [3.63, 3.8) is 0 Å². The minimum absolute atomic E-state index is 0.0903. The molecule has 2 heterocycles. The number of pyridine rings is 1. The Morgan fingerprint density at radius 2 is 2.00 bits per heavy atom. The van der Waals surface area contributed by atoms with Crippen molar-refractivity contribution in [2.24, 2.45) is 5.41 Å². The van der Waals surface area contributed by atoms with Gasteiger partial charge in [0.05, 0.1) is 0 Å². The summed E-state index contributed by atoms with van der Waals surface area (Å²) in [5.41, 5.74) is 2.85. The molecule has 5 heteroatoms. The van der Waals surface area contributed by atoms with Gasteiger partial charge in [-0.15, -0.1) is 0 Å². The number of aromatic nitrogens is 2. The standard InChI is InChI=1S/C20H22FN3O/c1-13-8-9-24-16(10-13)22-18(14-6-5-7-15(21)11-14)19(24)23-17(25)12-20(2,3)4/h5-11H,12H2,1-4H3,(H,23,25). The predicted molar refractivity (Wildman–Crippen MR) is 98.0 cm³/mol. The van der Waals surface area contributed by atoms with Crippen LogP contribution in [0.25, 0.3) is 16.9 Å². The second-order valence-electron chi connectivity index (χ2n) is 7.54. The molecule has 4 nitrogen and oxygen atoms in total. The normalized spacial score (nSPS) is 11.7. The Kier molecular flexibility index (Phi) is 4.33. The number of nitrogens with one attached hydrogen (secondary N) is 1. The molecule has 0 aliphatic carbocycles. The lowest BCUT2D eigenvalue weighted by Crippen LogP contribution is -2.20. The van der Waals surface area contributed by atoms with Gasteiger partial charge in [-0.05, 0) is 42.2 Å². The van der Waals surface area contributed by atoms with Crippen molar-refractivity contribution in [3.05, 3.63) is 54.0 Å². The molecular formula is C20H22FN3O. The highest BCUT2D eigenvalue weighted by atomic mass is 19.1. The minimum atomic E-state index is -0.335. The number of hydrogen-bond donors (Lipinski definition) is 1. The molecular weight excluding hydrogens is 317 g/mol. The Morgan fingerprint density at radius 1 is 1.24 bits per heavy atom. The summed E-state index contributed by atoms with van der Waals surface area (Å²) in [5, 5.41) is 2.97. The summed E-state index contributed by atoms with van der Waals surface area (Å²) in [7, 11) is 0. The van der Waals surface area contributed by atoms with E-state index in [1.165, 1.54) is 12.1 Å². The van der Waals surface area contributed by atoms with Crippen molar-refractivity contribution in [1.82, 2.24) is 9.38 Å². The number of hydrogen-bond acceptors (Lipinski definition) is 2. The maximum atomic E-state index is 13.7. The van der Waals surface area contributed by atoms with E-state index in [2.05, 4.69) is 10.3 Å². The van der Waals surface area contributed by atoms with Crippen LogP contribution >= 0.6 is 0 Å². The largest absolute Gasteiger partial charge is 0.310 e. The minimum Gasteiger partial charge on any atom is -0.310 e. The lowest BCUT2D eigenvalue weighted by molar-refractivity contribution is -0.117. The van der Waals surface area contributed by atoms with Crippen molar-refractivity contribution in [2.75, 3.05) is 5.32 Å². The van der Waals surface area contributed by atoms with Crippen molar-refractivity contribution >= 4 is 17.4 Å². The van der Waals surface area contributed by atoms with Crippen LogP contribution in [0.2, 0.25) is 0 Å². The van der Waals surface area contributed by atoms with Crippen molar-refractivity contribution in [2.45, 2.75) is 34.1 Å². The second kappa shape index (κ2) is 6.31. The van der Waals surface area contributed by atoms with E-state index in [4.69, 9.17) is 0 Å². The molecule has 130 valence electrons. The molecule has 25 heavy (non-hydrogen) atoms. The summed E-state index contributed by atoms with van der Waals surface area (Å²) in [6.45, 7) is 8.02. The fourth-order valence-corrected chi connectivity index (χ4v) is 2.76. The third-order valence-corrected chi connectivity index (χ3v) is 3.83. The van der Waals surface area contributed by atoms with Gasteiger partial charge in [0.2, 0.25) is 5.91 Å². The van der Waals surface area contributed by atoms with Crippen LogP contribution in [0.15, 0.2) is 42.6 Å². The zero-order valence-corrected chi connectivity index (χ0v) is 14.9. The quantitative estimate of drug-likeness (QED) is 0.743. The lowest BCUT2D eigenvalue weighted by Gasteiger charge is -2.17. The predicted octanol–water partition coefficient (Wildman–Crippen LogP) is 4.82. The average Bonchev–Trinajstić information content (AvgIpc) is 2.83. The van der Waals surface area contributed by atoms with E-state index < -0.39 is 0 Å². The molecule has 2 aromatic heterocycles. The molecule has 0 fully saturated rings. The maximum Gasteiger partial charge on any atom is 0.226 e. The molecule has 0 saturated heterocycles. The van der Waals surface area contributed by atoms with Gasteiger partial charge in [-0.25, -0.2) is 9.37 Å². The first kappa shape index (κ1) is 17.1. The number of nitrogens with zero attached hydrogens (tertiary/aromatic N) is 2. The monoisotopic (exact) mass is 339 g/mol. The first-order chi connectivity index (χ1) is 11.7. The van der Waals surface area contributed by atoms with Gasteiger partial charge >= 0.3 is 0 Å². The van der Waals surface area contributed by atoms with E-state index in [-0.39, 0.29) is 17.1 Å². The lowest BCUT2D eigenvalue weighted by atomic mass is 9.92. The average molecular weight is 339 g/mol. The van der Waals surface area contributed by atoms with Crippen molar-refractivity contribution in [1.29, 1.82) is 0 Å². The first-order valence-corrected chi connectivity index (χ1v) is 8.27. The molecule has 0 spiro atoms. The topological polar surface area (TPSA) is 46.4 Å². The highest BCUT2D eigenvalue weighted by molar-refractivity contribution is 5.94. The number of amides is 1. The number of imidazole rings is 1. The number of carbonyl (C=O) groups is 1. The third-order valence-electron chi connectivity index (χ3n) is 3.83. The fourth-order valence-electron chi connectivity index (χ4n) is 2.76. The van der Waals surface area contributed by atoms with E-state index in [0.717, 1.165) is 5.56 Å². The number of rotatable bonds is 3. The molecule has 1 N–H and O–H groups in total. The van der Waals surface area contributed by atoms with Gasteiger partial charge in [-0.3, -0.25) is 9.20 Å². The Bertz CT molecular complexity index is 938. The Hall–Kier alpha value is -2.69. The van der Waals surface area contributed by atoms with Crippen LogP contribution < -0.4 is 5.32 Å². The first-order valence-electron chi connectivity index (χ1n) is 8.27. The van der Waals surface area contributed by atoms with Crippen LogP contribution in [-0.4, -0.2) is 15.3 Å². The van der Waals surface area contributed by atoms with Crippen LogP contribution in [0.5, 0.6) is 0 Å². The van der Waals surface area contributed by atoms with E-state index in [1.807, 2.05) is 50.4 Å². The second-order valence-corrected chi connectivity index (χ2v) is 7.54. The Balaban J connectivity index is 2.11. The summed E-state index contributed by atoms with van der Waals surface area (Å²) < 4.78 is 15.5. The number of benzene rings is 1. The van der Waals surface area contributed by atoms with Crippen molar-refractivity contribution < 1.29 is 9.18 Å². The molecule has 0 radical (unpaired) electrons. The van der Waals surface area contributed by atoms with Gasteiger partial charge in [-0.2, -0.15) is 0 Å². The number of carbonyl (C=O) groups excluding carboxylic acids is 1. The highest BCUT2D eigenvalue weighted by Crippen LogP contribution is 2.30. The molecule has 0 unspecified atom stereocenters. The van der Waals surface area contributed by atoms with Crippen molar-refractivity contribution in [3.8, 4) is 11.3 Å². The van der Waals surface area contributed by atoms with E-state index in [1.54, 1.807) is 12.1 Å². The molecule has 1 aromatic carbocycles. The summed E-state index contributed by atoms with van der Waals surface area (Å²) in [6, 6.07) is 10.1. The Morgan fingerprint density at radius 3 is 2.68 bits per heavy atom. The zero-order valence-electron chi connectivity index (χ0n) is 14.9. The maximum absolute atomic E-state index is 13.7. The highest BCUT2D eigenvalue weighted by Gasteiger charge is 2.20. The van der Waals surface area contributed by atoms with Crippen LogP contribution in [0.4, 0.5) is 10.2 Å². The summed E-state index contributed by atoms with van der Waals surface area (Å²) in [4.78, 5) is 17.1. The van der Waals surface area contributed by atoms with E-state index in [0.29, 0.717) is 29.1 Å². The van der Waals surface area contributed by atoms with Gasteiger partial charge in [0.1, 0.15) is 23.0 Å². The van der Waals surface area contributed by atoms with Gasteiger partial charge in [0, 0.05) is 18.2 Å². The SMILES string of the molecule is Cc1ccn2c(NC(=O)CC(C)(C)C)c(-c3cccc(F)c3)nc2c1. The molecule has 0 atom stereocenters.